The molecule has 2 aromatic heterocycles. The standard InChI is InChI=1S/C18H11F3N2O2S/c19-11-7-12-17(16(21)15(11)20)22-13(26-12)6-10-3-1-2-9-4-5-23(18(9)10)8-14(24)25/h1-5,7H,6,8H2,(H,24,25). The van der Waals surface area contributed by atoms with E-state index in [0.29, 0.717) is 11.4 Å². The number of carbonyl (C=O) groups is 1. The maximum Gasteiger partial charge on any atom is 0.323 e. The summed E-state index contributed by atoms with van der Waals surface area (Å²) in [5.74, 6) is -5.05. The van der Waals surface area contributed by atoms with Gasteiger partial charge in [-0.2, -0.15) is 0 Å². The number of fused-ring (bicyclic) bond motifs is 2. The van der Waals surface area contributed by atoms with E-state index in [1.54, 1.807) is 10.8 Å². The number of hydrogen-bond acceptors (Lipinski definition) is 3. The van der Waals surface area contributed by atoms with Crippen molar-refractivity contribution in [3.05, 3.63) is 64.6 Å². The molecule has 4 rings (SSSR count). The molecule has 4 nitrogen and oxygen atoms in total. The molecule has 8 heteroatoms. The number of aliphatic carboxylic acids is 1. The van der Waals surface area contributed by atoms with E-state index in [-0.39, 0.29) is 16.8 Å². The quantitative estimate of drug-likeness (QED) is 0.539. The molecule has 26 heavy (non-hydrogen) atoms. The van der Waals surface area contributed by atoms with Gasteiger partial charge in [-0.15, -0.1) is 11.3 Å². The monoisotopic (exact) mass is 376 g/mol. The number of rotatable bonds is 4. The van der Waals surface area contributed by atoms with Gasteiger partial charge in [0.05, 0.1) is 15.2 Å². The lowest BCUT2D eigenvalue weighted by Crippen LogP contribution is -2.08. The number of thiazole rings is 1. The van der Waals surface area contributed by atoms with Crippen molar-refractivity contribution in [3.8, 4) is 0 Å². The molecular formula is C18H11F3N2O2S. The number of benzene rings is 2. The molecule has 0 saturated carbocycles. The Labute approximate surface area is 149 Å². The summed E-state index contributed by atoms with van der Waals surface area (Å²) in [6, 6.07) is 8.26. The molecule has 2 aromatic carbocycles. The van der Waals surface area contributed by atoms with Crippen LogP contribution in [0, 0.1) is 17.5 Å². The Balaban J connectivity index is 1.80. The third-order valence-electron chi connectivity index (χ3n) is 4.09. The summed E-state index contributed by atoms with van der Waals surface area (Å²) in [4.78, 5) is 15.2. The Hall–Kier alpha value is -2.87. The molecule has 4 aromatic rings. The van der Waals surface area contributed by atoms with Gasteiger partial charge in [-0.05, 0) is 23.1 Å². The summed E-state index contributed by atoms with van der Waals surface area (Å²) in [6.07, 6.45) is 1.98. The highest BCUT2D eigenvalue weighted by Gasteiger charge is 2.18. The minimum absolute atomic E-state index is 0.189. The summed E-state index contributed by atoms with van der Waals surface area (Å²) in [5, 5.41) is 10.4. The topological polar surface area (TPSA) is 55.1 Å². The van der Waals surface area contributed by atoms with Crippen LogP contribution in [0.1, 0.15) is 10.6 Å². The fourth-order valence-corrected chi connectivity index (χ4v) is 4.03. The third kappa shape index (κ3) is 2.72. The zero-order valence-electron chi connectivity index (χ0n) is 13.2. The molecular weight excluding hydrogens is 365 g/mol. The Kier molecular flexibility index (Phi) is 3.91. The van der Waals surface area contributed by atoms with E-state index in [4.69, 9.17) is 5.11 Å². The van der Waals surface area contributed by atoms with Crippen molar-refractivity contribution in [2.24, 2.45) is 0 Å². The van der Waals surface area contributed by atoms with Crippen LogP contribution in [0.15, 0.2) is 36.5 Å². The van der Waals surface area contributed by atoms with Crippen LogP contribution < -0.4 is 0 Å². The van der Waals surface area contributed by atoms with E-state index in [9.17, 15) is 18.0 Å². The fourth-order valence-electron chi connectivity index (χ4n) is 3.02. The summed E-state index contributed by atoms with van der Waals surface area (Å²) >= 11 is 1.08. The Bertz CT molecular complexity index is 1170. The Morgan fingerprint density at radius 3 is 2.77 bits per heavy atom. The number of nitrogens with zero attached hydrogens (tertiary/aromatic N) is 2. The zero-order chi connectivity index (χ0) is 18.4. The highest BCUT2D eigenvalue weighted by Crippen LogP contribution is 2.30. The molecule has 0 radical (unpaired) electrons. The summed E-state index contributed by atoms with van der Waals surface area (Å²) in [5.41, 5.74) is 1.35. The van der Waals surface area contributed by atoms with Crippen LogP contribution in [-0.4, -0.2) is 20.6 Å². The van der Waals surface area contributed by atoms with Gasteiger partial charge in [0, 0.05) is 12.6 Å². The average molecular weight is 376 g/mol. The van der Waals surface area contributed by atoms with Crippen molar-refractivity contribution in [1.82, 2.24) is 9.55 Å². The minimum atomic E-state index is -1.54. The molecule has 2 heterocycles. The van der Waals surface area contributed by atoms with E-state index >= 15 is 0 Å². The second kappa shape index (κ2) is 6.14. The van der Waals surface area contributed by atoms with Crippen LogP contribution in [0.25, 0.3) is 21.1 Å². The number of hydrogen-bond donors (Lipinski definition) is 1. The minimum Gasteiger partial charge on any atom is -0.480 e. The Morgan fingerprint density at radius 2 is 2.00 bits per heavy atom. The van der Waals surface area contributed by atoms with Crippen LogP contribution in [0.5, 0.6) is 0 Å². The first-order valence-corrected chi connectivity index (χ1v) is 8.47. The van der Waals surface area contributed by atoms with Gasteiger partial charge in [0.15, 0.2) is 17.5 Å². The molecule has 0 saturated heterocycles. The maximum atomic E-state index is 13.9. The molecule has 132 valence electrons. The Morgan fingerprint density at radius 1 is 1.19 bits per heavy atom. The summed E-state index contributed by atoms with van der Waals surface area (Å²) in [7, 11) is 0. The SMILES string of the molecule is O=C(O)Cn1ccc2cccc(Cc3nc4c(F)c(F)c(F)cc4s3)c21. The normalized spacial score (nSPS) is 11.5. The van der Waals surface area contributed by atoms with Crippen molar-refractivity contribution in [1.29, 1.82) is 0 Å². The van der Waals surface area contributed by atoms with Gasteiger partial charge in [0.25, 0.3) is 0 Å². The van der Waals surface area contributed by atoms with Gasteiger partial charge in [0.2, 0.25) is 0 Å². The third-order valence-corrected chi connectivity index (χ3v) is 5.09. The molecule has 0 unspecified atom stereocenters. The van der Waals surface area contributed by atoms with Crippen molar-refractivity contribution in [2.45, 2.75) is 13.0 Å². The number of carboxylic acids is 1. The molecule has 0 aliphatic heterocycles. The van der Waals surface area contributed by atoms with Gasteiger partial charge in [-0.1, -0.05) is 18.2 Å². The lowest BCUT2D eigenvalue weighted by atomic mass is 10.1. The lowest BCUT2D eigenvalue weighted by molar-refractivity contribution is -0.137. The largest absolute Gasteiger partial charge is 0.480 e. The molecule has 0 aliphatic rings. The van der Waals surface area contributed by atoms with E-state index in [1.165, 1.54) is 0 Å². The first-order valence-electron chi connectivity index (χ1n) is 7.65. The highest BCUT2D eigenvalue weighted by atomic mass is 32.1. The van der Waals surface area contributed by atoms with Crippen molar-refractivity contribution in [3.63, 3.8) is 0 Å². The van der Waals surface area contributed by atoms with Crippen LogP contribution >= 0.6 is 11.3 Å². The summed E-state index contributed by atoms with van der Waals surface area (Å²) in [6.45, 7) is -0.189. The molecule has 0 bridgehead atoms. The second-order valence-electron chi connectivity index (χ2n) is 5.81. The van der Waals surface area contributed by atoms with Crippen molar-refractivity contribution < 1.29 is 23.1 Å². The number of halogens is 3. The summed E-state index contributed by atoms with van der Waals surface area (Å²) < 4.78 is 42.5. The van der Waals surface area contributed by atoms with Gasteiger partial charge in [-0.25, -0.2) is 18.2 Å². The molecule has 0 amide bonds. The first-order chi connectivity index (χ1) is 12.4. The molecule has 1 N–H and O–H groups in total. The first kappa shape index (κ1) is 16.6. The van der Waals surface area contributed by atoms with E-state index in [0.717, 1.165) is 33.9 Å². The lowest BCUT2D eigenvalue weighted by Gasteiger charge is -2.07. The fraction of sp³-hybridized carbons (Fsp3) is 0.111. The predicted molar refractivity (Wildman–Crippen MR) is 91.9 cm³/mol. The predicted octanol–water partition coefficient (Wildman–Crippen LogP) is 4.34. The van der Waals surface area contributed by atoms with Gasteiger partial charge in [-0.3, -0.25) is 4.79 Å². The van der Waals surface area contributed by atoms with Gasteiger partial charge in [0.1, 0.15) is 12.1 Å². The molecule has 0 aliphatic carbocycles. The van der Waals surface area contributed by atoms with Crippen LogP contribution in [-0.2, 0) is 17.8 Å². The van der Waals surface area contributed by atoms with Gasteiger partial charge >= 0.3 is 5.97 Å². The van der Waals surface area contributed by atoms with E-state index < -0.39 is 23.4 Å². The van der Waals surface area contributed by atoms with Gasteiger partial charge < -0.3 is 9.67 Å². The van der Waals surface area contributed by atoms with E-state index in [2.05, 4.69) is 4.98 Å². The van der Waals surface area contributed by atoms with Crippen molar-refractivity contribution >= 4 is 38.4 Å². The van der Waals surface area contributed by atoms with Crippen molar-refractivity contribution in [2.75, 3.05) is 0 Å². The van der Waals surface area contributed by atoms with Crippen LogP contribution in [0.4, 0.5) is 13.2 Å². The molecule has 0 fully saturated rings. The zero-order valence-corrected chi connectivity index (χ0v) is 14.0. The molecule has 0 atom stereocenters. The number of para-hydroxylation sites is 1. The second-order valence-corrected chi connectivity index (χ2v) is 6.93. The average Bonchev–Trinajstić information content (AvgIpc) is 3.17. The van der Waals surface area contributed by atoms with E-state index in [1.807, 2.05) is 24.3 Å². The maximum absolute atomic E-state index is 13.9. The van der Waals surface area contributed by atoms with Crippen LogP contribution in [0.2, 0.25) is 0 Å². The number of carboxylic acid groups (broad SMARTS) is 1. The smallest absolute Gasteiger partial charge is 0.323 e. The molecule has 0 spiro atoms. The van der Waals surface area contributed by atoms with Crippen LogP contribution in [0.3, 0.4) is 0 Å². The number of aromatic nitrogens is 2. The highest BCUT2D eigenvalue weighted by molar-refractivity contribution is 7.18.